The van der Waals surface area contributed by atoms with Crippen molar-refractivity contribution in [1.82, 2.24) is 0 Å². The van der Waals surface area contributed by atoms with Crippen molar-refractivity contribution < 1.29 is 13.5 Å². The van der Waals surface area contributed by atoms with Crippen molar-refractivity contribution >= 4 is 5.69 Å². The van der Waals surface area contributed by atoms with Crippen LogP contribution in [0.25, 0.3) is 0 Å². The van der Waals surface area contributed by atoms with Crippen LogP contribution in [0, 0.1) is 18.6 Å². The Morgan fingerprint density at radius 1 is 1.06 bits per heavy atom. The molecule has 0 radical (unpaired) electrons. The Morgan fingerprint density at radius 2 is 1.82 bits per heavy atom. The standard InChI is InChI=1S/C13H11F2NO/c1-8-2-4-10(7-11(8)15)17-13-5-3-9(14)6-12(13)16/h2-7H,16H2,1H3. The molecule has 0 fully saturated rings. The van der Waals surface area contributed by atoms with E-state index >= 15 is 0 Å². The molecule has 0 aromatic heterocycles. The molecular formula is C13H11F2NO. The fourth-order valence-electron chi connectivity index (χ4n) is 1.38. The van der Waals surface area contributed by atoms with E-state index in [1.165, 1.54) is 18.2 Å². The van der Waals surface area contributed by atoms with Gasteiger partial charge in [-0.2, -0.15) is 0 Å². The van der Waals surface area contributed by atoms with E-state index in [1.807, 2.05) is 0 Å². The van der Waals surface area contributed by atoms with Crippen LogP contribution >= 0.6 is 0 Å². The molecule has 0 aliphatic heterocycles. The maximum absolute atomic E-state index is 13.3. The van der Waals surface area contributed by atoms with Gasteiger partial charge in [-0.25, -0.2) is 8.78 Å². The van der Waals surface area contributed by atoms with Crippen LogP contribution in [0.2, 0.25) is 0 Å². The van der Waals surface area contributed by atoms with Gasteiger partial charge >= 0.3 is 0 Å². The fourth-order valence-corrected chi connectivity index (χ4v) is 1.38. The molecule has 0 heterocycles. The third-order valence-electron chi connectivity index (χ3n) is 2.34. The van der Waals surface area contributed by atoms with Crippen molar-refractivity contribution in [2.45, 2.75) is 6.92 Å². The van der Waals surface area contributed by atoms with Crippen LogP contribution in [0.15, 0.2) is 36.4 Å². The third kappa shape index (κ3) is 2.53. The summed E-state index contributed by atoms with van der Waals surface area (Å²) >= 11 is 0. The van der Waals surface area contributed by atoms with Crippen molar-refractivity contribution in [1.29, 1.82) is 0 Å². The number of ether oxygens (including phenoxy) is 1. The van der Waals surface area contributed by atoms with Crippen molar-refractivity contribution in [2.24, 2.45) is 0 Å². The molecule has 0 aliphatic rings. The van der Waals surface area contributed by atoms with Crippen LogP contribution in [0.5, 0.6) is 11.5 Å². The van der Waals surface area contributed by atoms with Gasteiger partial charge in [0.2, 0.25) is 0 Å². The first kappa shape index (κ1) is 11.4. The van der Waals surface area contributed by atoms with E-state index in [0.717, 1.165) is 6.07 Å². The van der Waals surface area contributed by atoms with Crippen molar-refractivity contribution in [2.75, 3.05) is 5.73 Å². The van der Waals surface area contributed by atoms with E-state index in [0.29, 0.717) is 17.1 Å². The lowest BCUT2D eigenvalue weighted by molar-refractivity contribution is 0.476. The second-order valence-corrected chi connectivity index (χ2v) is 3.70. The summed E-state index contributed by atoms with van der Waals surface area (Å²) in [6.45, 7) is 1.66. The van der Waals surface area contributed by atoms with Gasteiger partial charge in [-0.05, 0) is 30.7 Å². The molecule has 2 aromatic carbocycles. The Labute approximate surface area is 97.6 Å². The van der Waals surface area contributed by atoms with Gasteiger partial charge < -0.3 is 10.5 Å². The largest absolute Gasteiger partial charge is 0.455 e. The molecule has 0 saturated heterocycles. The number of benzene rings is 2. The summed E-state index contributed by atoms with van der Waals surface area (Å²) in [4.78, 5) is 0. The highest BCUT2D eigenvalue weighted by Gasteiger charge is 2.05. The van der Waals surface area contributed by atoms with E-state index in [4.69, 9.17) is 10.5 Å². The van der Waals surface area contributed by atoms with Gasteiger partial charge in [-0.3, -0.25) is 0 Å². The molecule has 0 bridgehead atoms. The van der Waals surface area contributed by atoms with Gasteiger partial charge in [0, 0.05) is 12.1 Å². The number of hydrogen-bond acceptors (Lipinski definition) is 2. The Hall–Kier alpha value is -2.10. The molecule has 0 saturated carbocycles. The Bertz CT molecular complexity index is 555. The summed E-state index contributed by atoms with van der Waals surface area (Å²) in [6, 6.07) is 8.28. The molecule has 0 unspecified atom stereocenters. The molecule has 2 rings (SSSR count). The highest BCUT2D eigenvalue weighted by molar-refractivity contribution is 5.54. The van der Waals surface area contributed by atoms with E-state index < -0.39 is 5.82 Å². The molecule has 17 heavy (non-hydrogen) atoms. The number of hydrogen-bond donors (Lipinski definition) is 1. The SMILES string of the molecule is Cc1ccc(Oc2ccc(F)cc2N)cc1F. The molecule has 2 aromatic rings. The minimum absolute atomic E-state index is 0.172. The molecule has 88 valence electrons. The summed E-state index contributed by atoms with van der Waals surface area (Å²) in [5, 5.41) is 0. The molecule has 0 aliphatic carbocycles. The summed E-state index contributed by atoms with van der Waals surface area (Å²) in [5.41, 5.74) is 6.28. The minimum atomic E-state index is -0.440. The Kier molecular flexibility index (Phi) is 2.95. The monoisotopic (exact) mass is 235 g/mol. The number of anilines is 1. The van der Waals surface area contributed by atoms with Gasteiger partial charge in [-0.1, -0.05) is 6.07 Å². The fraction of sp³-hybridized carbons (Fsp3) is 0.0769. The van der Waals surface area contributed by atoms with E-state index in [9.17, 15) is 8.78 Å². The zero-order chi connectivity index (χ0) is 12.4. The predicted molar refractivity (Wildman–Crippen MR) is 62.0 cm³/mol. The normalized spacial score (nSPS) is 10.3. The molecule has 2 nitrogen and oxygen atoms in total. The number of aryl methyl sites for hydroxylation is 1. The van der Waals surface area contributed by atoms with Gasteiger partial charge in [-0.15, -0.1) is 0 Å². The number of nitrogens with two attached hydrogens (primary N) is 1. The van der Waals surface area contributed by atoms with Crippen LogP contribution in [0.4, 0.5) is 14.5 Å². The topological polar surface area (TPSA) is 35.2 Å². The van der Waals surface area contributed by atoms with Gasteiger partial charge in [0.25, 0.3) is 0 Å². The first-order chi connectivity index (χ1) is 8.06. The quantitative estimate of drug-likeness (QED) is 0.806. The zero-order valence-electron chi connectivity index (χ0n) is 9.21. The van der Waals surface area contributed by atoms with Crippen LogP contribution in [0.1, 0.15) is 5.56 Å². The van der Waals surface area contributed by atoms with Crippen molar-refractivity contribution in [3.05, 3.63) is 53.6 Å². The molecule has 0 atom stereocenters. The van der Waals surface area contributed by atoms with Gasteiger partial charge in [0.1, 0.15) is 17.4 Å². The molecule has 4 heteroatoms. The zero-order valence-corrected chi connectivity index (χ0v) is 9.21. The lowest BCUT2D eigenvalue weighted by atomic mass is 10.2. The van der Waals surface area contributed by atoms with Crippen LogP contribution < -0.4 is 10.5 Å². The molecule has 2 N–H and O–H groups in total. The van der Waals surface area contributed by atoms with E-state index in [-0.39, 0.29) is 11.5 Å². The van der Waals surface area contributed by atoms with Crippen LogP contribution in [-0.2, 0) is 0 Å². The first-order valence-electron chi connectivity index (χ1n) is 5.05. The summed E-state index contributed by atoms with van der Waals surface area (Å²) in [5.74, 6) is -0.172. The van der Waals surface area contributed by atoms with Gasteiger partial charge in [0.05, 0.1) is 5.69 Å². The van der Waals surface area contributed by atoms with Crippen LogP contribution in [-0.4, -0.2) is 0 Å². The molecule has 0 spiro atoms. The highest BCUT2D eigenvalue weighted by atomic mass is 19.1. The average Bonchev–Trinajstić information content (AvgIpc) is 2.27. The number of rotatable bonds is 2. The van der Waals surface area contributed by atoms with Gasteiger partial charge in [0.15, 0.2) is 5.75 Å². The van der Waals surface area contributed by atoms with Crippen LogP contribution in [0.3, 0.4) is 0 Å². The molecular weight excluding hydrogens is 224 g/mol. The number of halogens is 2. The average molecular weight is 235 g/mol. The predicted octanol–water partition coefficient (Wildman–Crippen LogP) is 3.65. The summed E-state index contributed by atoms with van der Waals surface area (Å²) in [6.07, 6.45) is 0. The van der Waals surface area contributed by atoms with Crippen molar-refractivity contribution in [3.8, 4) is 11.5 Å². The minimum Gasteiger partial charge on any atom is -0.455 e. The Balaban J connectivity index is 2.28. The second kappa shape index (κ2) is 4.41. The Morgan fingerprint density at radius 3 is 2.47 bits per heavy atom. The smallest absolute Gasteiger partial charge is 0.150 e. The lowest BCUT2D eigenvalue weighted by Gasteiger charge is -2.09. The first-order valence-corrected chi connectivity index (χ1v) is 5.05. The van der Waals surface area contributed by atoms with Crippen molar-refractivity contribution in [3.63, 3.8) is 0 Å². The third-order valence-corrected chi connectivity index (χ3v) is 2.34. The second-order valence-electron chi connectivity index (χ2n) is 3.70. The maximum atomic E-state index is 13.3. The lowest BCUT2D eigenvalue weighted by Crippen LogP contribution is -1.93. The maximum Gasteiger partial charge on any atom is 0.150 e. The summed E-state index contributed by atoms with van der Waals surface area (Å²) in [7, 11) is 0. The van der Waals surface area contributed by atoms with E-state index in [2.05, 4.69) is 0 Å². The summed E-state index contributed by atoms with van der Waals surface area (Å²) < 4.78 is 31.5. The number of nitrogen functional groups attached to an aromatic ring is 1. The highest BCUT2D eigenvalue weighted by Crippen LogP contribution is 2.28. The van der Waals surface area contributed by atoms with E-state index in [1.54, 1.807) is 19.1 Å². The molecule has 0 amide bonds.